The topological polar surface area (TPSA) is 102 Å². The average molecular weight is 410 g/mol. The lowest BCUT2D eigenvalue weighted by atomic mass is 10.0. The molecule has 2 heterocycles. The predicted octanol–water partition coefficient (Wildman–Crippen LogP) is 1.80. The molecule has 0 saturated carbocycles. The summed E-state index contributed by atoms with van der Waals surface area (Å²) in [5, 5.41) is 10.2. The highest BCUT2D eigenvalue weighted by molar-refractivity contribution is 7.89. The van der Waals surface area contributed by atoms with Gasteiger partial charge in [-0.25, -0.2) is 13.6 Å². The van der Waals surface area contributed by atoms with Gasteiger partial charge in [0.1, 0.15) is 5.75 Å². The van der Waals surface area contributed by atoms with Crippen LogP contribution in [-0.2, 0) is 16.6 Å². The van der Waals surface area contributed by atoms with Crippen LogP contribution in [0.25, 0.3) is 0 Å². The zero-order valence-corrected chi connectivity index (χ0v) is 16.7. The van der Waals surface area contributed by atoms with Crippen LogP contribution in [0.5, 0.6) is 5.75 Å². The number of piperidine rings is 1. The molecule has 1 fully saturated rings. The highest BCUT2D eigenvalue weighted by Gasteiger charge is 2.24. The van der Waals surface area contributed by atoms with Gasteiger partial charge < -0.3 is 10.1 Å². The fraction of sp³-hybridized carbons (Fsp3) is 0.389. The summed E-state index contributed by atoms with van der Waals surface area (Å²) in [6.45, 7) is 2.61. The lowest BCUT2D eigenvalue weighted by Gasteiger charge is -2.33. The summed E-state index contributed by atoms with van der Waals surface area (Å²) >= 11 is 1.72. The minimum atomic E-state index is -3.90. The van der Waals surface area contributed by atoms with Crippen LogP contribution in [-0.4, -0.2) is 45.5 Å². The number of amides is 1. The lowest BCUT2D eigenvalue weighted by Crippen LogP contribution is -2.47. The molecule has 1 atom stereocenters. The molecule has 146 valence electrons. The number of rotatable bonds is 6. The Morgan fingerprint density at radius 3 is 2.89 bits per heavy atom. The number of benzene rings is 1. The minimum Gasteiger partial charge on any atom is -0.496 e. The highest BCUT2D eigenvalue weighted by Crippen LogP contribution is 2.23. The number of thiophene rings is 1. The van der Waals surface area contributed by atoms with Crippen molar-refractivity contribution in [1.82, 2.24) is 10.2 Å². The van der Waals surface area contributed by atoms with E-state index in [2.05, 4.69) is 21.7 Å². The van der Waals surface area contributed by atoms with Gasteiger partial charge in [-0.05, 0) is 49.0 Å². The van der Waals surface area contributed by atoms with Gasteiger partial charge in [-0.2, -0.15) is 0 Å². The van der Waals surface area contributed by atoms with E-state index in [0.29, 0.717) is 5.75 Å². The third-order valence-corrected chi connectivity index (χ3v) is 6.32. The Morgan fingerprint density at radius 1 is 1.41 bits per heavy atom. The fourth-order valence-electron chi connectivity index (χ4n) is 3.24. The number of nitrogens with one attached hydrogen (secondary N) is 1. The smallest absolute Gasteiger partial charge is 0.255 e. The van der Waals surface area contributed by atoms with Crippen LogP contribution in [0.15, 0.2) is 40.6 Å². The van der Waals surface area contributed by atoms with Gasteiger partial charge in [0, 0.05) is 24.0 Å². The van der Waals surface area contributed by atoms with Gasteiger partial charge in [-0.1, -0.05) is 6.07 Å². The second-order valence-corrected chi connectivity index (χ2v) is 9.13. The molecule has 27 heavy (non-hydrogen) atoms. The molecule has 3 N–H and O–H groups in total. The Labute approximate surface area is 163 Å². The van der Waals surface area contributed by atoms with E-state index in [1.54, 1.807) is 11.3 Å². The van der Waals surface area contributed by atoms with E-state index >= 15 is 0 Å². The molecule has 1 saturated heterocycles. The van der Waals surface area contributed by atoms with Crippen molar-refractivity contribution in [3.05, 3.63) is 46.2 Å². The second kappa shape index (κ2) is 8.39. The van der Waals surface area contributed by atoms with E-state index in [-0.39, 0.29) is 22.4 Å². The molecule has 1 aromatic heterocycles. The normalized spacial score (nSPS) is 18.2. The van der Waals surface area contributed by atoms with E-state index in [9.17, 15) is 13.2 Å². The quantitative estimate of drug-likeness (QED) is 0.757. The number of hydrogen-bond donors (Lipinski definition) is 2. The minimum absolute atomic E-state index is 0.00550. The van der Waals surface area contributed by atoms with E-state index in [4.69, 9.17) is 9.88 Å². The van der Waals surface area contributed by atoms with Crippen molar-refractivity contribution in [3.63, 3.8) is 0 Å². The van der Waals surface area contributed by atoms with Crippen LogP contribution in [0.2, 0.25) is 0 Å². The number of likely N-dealkylation sites (tertiary alicyclic amines) is 1. The van der Waals surface area contributed by atoms with Crippen molar-refractivity contribution in [2.45, 2.75) is 30.3 Å². The molecule has 7 nitrogen and oxygen atoms in total. The average Bonchev–Trinajstić information content (AvgIpc) is 3.13. The van der Waals surface area contributed by atoms with Gasteiger partial charge in [0.2, 0.25) is 10.0 Å². The third kappa shape index (κ3) is 5.07. The van der Waals surface area contributed by atoms with Crippen LogP contribution < -0.4 is 15.2 Å². The van der Waals surface area contributed by atoms with Gasteiger partial charge in [0.05, 0.1) is 17.6 Å². The van der Waals surface area contributed by atoms with Crippen molar-refractivity contribution in [3.8, 4) is 5.75 Å². The van der Waals surface area contributed by atoms with E-state index in [1.807, 2.05) is 6.07 Å². The first-order valence-electron chi connectivity index (χ1n) is 8.63. The molecule has 0 aliphatic carbocycles. The molecule has 3 rings (SSSR count). The van der Waals surface area contributed by atoms with Crippen molar-refractivity contribution < 1.29 is 17.9 Å². The standard InChI is InChI=1S/C18H23N3O4S2/c1-25-17-7-6-15(27(19,23)24)10-16(17)18(22)20-13-4-2-8-21(11-13)12-14-5-3-9-26-14/h3,5-7,9-10,13H,2,4,8,11-12H2,1H3,(H,20,22)(H2,19,23,24)/t13-/m0/s1. The molecular weight excluding hydrogens is 386 g/mol. The summed E-state index contributed by atoms with van der Waals surface area (Å²) in [4.78, 5) is 16.3. The van der Waals surface area contributed by atoms with Crippen LogP contribution >= 0.6 is 11.3 Å². The number of sulfonamides is 1. The number of primary sulfonamides is 1. The number of carbonyl (C=O) groups is 1. The first-order valence-corrected chi connectivity index (χ1v) is 11.1. The molecule has 0 spiro atoms. The molecule has 9 heteroatoms. The summed E-state index contributed by atoms with van der Waals surface area (Å²) < 4.78 is 28.4. The van der Waals surface area contributed by atoms with Crippen molar-refractivity contribution >= 4 is 27.3 Å². The van der Waals surface area contributed by atoms with Crippen molar-refractivity contribution in [1.29, 1.82) is 0 Å². The van der Waals surface area contributed by atoms with Gasteiger partial charge in [-0.3, -0.25) is 9.69 Å². The zero-order valence-electron chi connectivity index (χ0n) is 15.1. The number of nitrogens with zero attached hydrogens (tertiary/aromatic N) is 1. The number of methoxy groups -OCH3 is 1. The third-order valence-electron chi connectivity index (χ3n) is 4.54. The maximum absolute atomic E-state index is 12.8. The van der Waals surface area contributed by atoms with Crippen LogP contribution in [0.1, 0.15) is 28.1 Å². The Kier molecular flexibility index (Phi) is 6.15. The fourth-order valence-corrected chi connectivity index (χ4v) is 4.53. The molecule has 1 aliphatic rings. The molecule has 1 aromatic carbocycles. The molecule has 0 unspecified atom stereocenters. The van der Waals surface area contributed by atoms with Gasteiger partial charge >= 0.3 is 0 Å². The lowest BCUT2D eigenvalue weighted by molar-refractivity contribution is 0.0898. The molecule has 0 radical (unpaired) electrons. The predicted molar refractivity (Wildman–Crippen MR) is 104 cm³/mol. The first-order chi connectivity index (χ1) is 12.9. The molecular formula is C18H23N3O4S2. The van der Waals surface area contributed by atoms with E-state index in [1.165, 1.54) is 30.2 Å². The van der Waals surface area contributed by atoms with Gasteiger partial charge in [-0.15, -0.1) is 11.3 Å². The van der Waals surface area contributed by atoms with Gasteiger partial charge in [0.25, 0.3) is 5.91 Å². The van der Waals surface area contributed by atoms with Crippen LogP contribution in [0.3, 0.4) is 0 Å². The number of nitrogens with two attached hydrogens (primary N) is 1. The monoisotopic (exact) mass is 409 g/mol. The number of hydrogen-bond acceptors (Lipinski definition) is 6. The summed E-state index contributed by atoms with van der Waals surface area (Å²) in [6, 6.07) is 8.17. The summed E-state index contributed by atoms with van der Waals surface area (Å²) in [5.74, 6) is -0.0496. The summed E-state index contributed by atoms with van der Waals surface area (Å²) in [5.41, 5.74) is 0.166. The second-order valence-electron chi connectivity index (χ2n) is 6.53. The van der Waals surface area contributed by atoms with Gasteiger partial charge in [0.15, 0.2) is 0 Å². The molecule has 2 aromatic rings. The van der Waals surface area contributed by atoms with Crippen LogP contribution in [0, 0.1) is 0 Å². The van der Waals surface area contributed by atoms with E-state index in [0.717, 1.165) is 32.5 Å². The first kappa shape index (κ1) is 19.8. The molecule has 0 bridgehead atoms. The maximum Gasteiger partial charge on any atom is 0.255 e. The Morgan fingerprint density at radius 2 is 2.22 bits per heavy atom. The van der Waals surface area contributed by atoms with Crippen molar-refractivity contribution in [2.75, 3.05) is 20.2 Å². The van der Waals surface area contributed by atoms with Crippen molar-refractivity contribution in [2.24, 2.45) is 5.14 Å². The Hall–Kier alpha value is -1.94. The van der Waals surface area contributed by atoms with E-state index < -0.39 is 10.0 Å². The zero-order chi connectivity index (χ0) is 19.4. The largest absolute Gasteiger partial charge is 0.496 e. The SMILES string of the molecule is COc1ccc(S(N)(=O)=O)cc1C(=O)N[C@H]1CCCN(Cc2cccs2)C1. The molecule has 1 amide bonds. The Balaban J connectivity index is 1.70. The number of carbonyl (C=O) groups excluding carboxylic acids is 1. The molecule has 1 aliphatic heterocycles. The maximum atomic E-state index is 12.8. The Bertz CT molecular complexity index is 897. The summed E-state index contributed by atoms with van der Waals surface area (Å²) in [7, 11) is -2.46. The highest BCUT2D eigenvalue weighted by atomic mass is 32.2. The van der Waals surface area contributed by atoms with Crippen LogP contribution in [0.4, 0.5) is 0 Å². The summed E-state index contributed by atoms with van der Waals surface area (Å²) in [6.07, 6.45) is 1.87. The number of ether oxygens (including phenoxy) is 1.